The SMILES string of the molecule is CCCc1c(N=C=O)cc(N=C=O)c2c1CCC2(C)C. The van der Waals surface area contributed by atoms with E-state index in [9.17, 15) is 9.59 Å². The van der Waals surface area contributed by atoms with Crippen molar-refractivity contribution in [1.82, 2.24) is 0 Å². The van der Waals surface area contributed by atoms with Crippen LogP contribution in [0, 0.1) is 0 Å². The van der Waals surface area contributed by atoms with Gasteiger partial charge in [-0.15, -0.1) is 0 Å². The fourth-order valence-corrected chi connectivity index (χ4v) is 3.16. The zero-order valence-electron chi connectivity index (χ0n) is 12.1. The first-order valence-electron chi connectivity index (χ1n) is 6.90. The Kier molecular flexibility index (Phi) is 3.99. The number of isocyanates is 2. The summed E-state index contributed by atoms with van der Waals surface area (Å²) in [6, 6.07) is 1.71. The summed E-state index contributed by atoms with van der Waals surface area (Å²) in [6.07, 6.45) is 6.99. The number of nitrogens with zero attached hydrogens (tertiary/aromatic N) is 2. The van der Waals surface area contributed by atoms with Gasteiger partial charge in [0.2, 0.25) is 12.2 Å². The molecular formula is C16H18N2O2. The smallest absolute Gasteiger partial charge is 0.211 e. The van der Waals surface area contributed by atoms with Crippen LogP contribution in [-0.2, 0) is 27.8 Å². The molecule has 0 bridgehead atoms. The fourth-order valence-electron chi connectivity index (χ4n) is 3.16. The van der Waals surface area contributed by atoms with Gasteiger partial charge in [0.1, 0.15) is 0 Å². The second-order valence-electron chi connectivity index (χ2n) is 5.79. The van der Waals surface area contributed by atoms with E-state index in [-0.39, 0.29) is 5.41 Å². The maximum atomic E-state index is 10.7. The van der Waals surface area contributed by atoms with Crippen LogP contribution in [0.2, 0.25) is 0 Å². The van der Waals surface area contributed by atoms with Crippen molar-refractivity contribution in [3.05, 3.63) is 22.8 Å². The predicted octanol–water partition coefficient (Wildman–Crippen LogP) is 3.80. The molecule has 0 saturated heterocycles. The van der Waals surface area contributed by atoms with Gasteiger partial charge >= 0.3 is 0 Å². The van der Waals surface area contributed by atoms with Crippen LogP contribution in [0.25, 0.3) is 0 Å². The maximum absolute atomic E-state index is 10.7. The number of hydrogen-bond donors (Lipinski definition) is 0. The predicted molar refractivity (Wildman–Crippen MR) is 77.3 cm³/mol. The summed E-state index contributed by atoms with van der Waals surface area (Å²) < 4.78 is 0. The van der Waals surface area contributed by atoms with E-state index in [0.717, 1.165) is 36.8 Å². The Hall–Kier alpha value is -2.02. The molecule has 1 aromatic rings. The zero-order valence-corrected chi connectivity index (χ0v) is 12.1. The van der Waals surface area contributed by atoms with Crippen molar-refractivity contribution in [2.24, 2.45) is 9.98 Å². The number of hydrogen-bond acceptors (Lipinski definition) is 4. The highest BCUT2D eigenvalue weighted by atomic mass is 16.1. The molecule has 0 saturated carbocycles. The molecule has 0 heterocycles. The van der Waals surface area contributed by atoms with Gasteiger partial charge in [-0.1, -0.05) is 27.2 Å². The largest absolute Gasteiger partial charge is 0.240 e. The molecule has 2 rings (SSSR count). The molecule has 0 unspecified atom stereocenters. The summed E-state index contributed by atoms with van der Waals surface area (Å²) >= 11 is 0. The number of fused-ring (bicyclic) bond motifs is 1. The van der Waals surface area contributed by atoms with Crippen LogP contribution in [0.1, 0.15) is 50.3 Å². The maximum Gasteiger partial charge on any atom is 0.240 e. The van der Waals surface area contributed by atoms with Crippen LogP contribution in [0.15, 0.2) is 16.1 Å². The van der Waals surface area contributed by atoms with Crippen LogP contribution in [-0.4, -0.2) is 12.2 Å². The minimum Gasteiger partial charge on any atom is -0.211 e. The van der Waals surface area contributed by atoms with Gasteiger partial charge in [-0.05, 0) is 47.4 Å². The average molecular weight is 270 g/mol. The summed E-state index contributed by atoms with van der Waals surface area (Å²) in [5.74, 6) is 0. The summed E-state index contributed by atoms with van der Waals surface area (Å²) in [7, 11) is 0. The normalized spacial score (nSPS) is 15.2. The Bertz CT molecular complexity index is 634. The van der Waals surface area contributed by atoms with Crippen LogP contribution >= 0.6 is 0 Å². The molecule has 0 atom stereocenters. The van der Waals surface area contributed by atoms with E-state index in [1.807, 2.05) is 0 Å². The third kappa shape index (κ3) is 2.36. The quantitative estimate of drug-likeness (QED) is 0.617. The Morgan fingerprint density at radius 1 is 1.20 bits per heavy atom. The molecular weight excluding hydrogens is 252 g/mol. The van der Waals surface area contributed by atoms with Gasteiger partial charge in [0.15, 0.2) is 0 Å². The first kappa shape index (κ1) is 14.4. The van der Waals surface area contributed by atoms with E-state index in [2.05, 4.69) is 30.8 Å². The molecule has 0 fully saturated rings. The molecule has 4 nitrogen and oxygen atoms in total. The number of carbonyl (C=O) groups excluding carboxylic acids is 2. The molecule has 0 aromatic heterocycles. The van der Waals surface area contributed by atoms with Gasteiger partial charge in [0.25, 0.3) is 0 Å². The van der Waals surface area contributed by atoms with Crippen molar-refractivity contribution in [2.75, 3.05) is 0 Å². The van der Waals surface area contributed by atoms with Gasteiger partial charge in [0, 0.05) is 0 Å². The molecule has 20 heavy (non-hydrogen) atoms. The van der Waals surface area contributed by atoms with Gasteiger partial charge < -0.3 is 0 Å². The highest BCUT2D eigenvalue weighted by Gasteiger charge is 2.35. The number of benzene rings is 1. The molecule has 0 spiro atoms. The van der Waals surface area contributed by atoms with E-state index < -0.39 is 0 Å². The minimum absolute atomic E-state index is 0.0169. The summed E-state index contributed by atoms with van der Waals surface area (Å²) in [6.45, 7) is 6.40. The van der Waals surface area contributed by atoms with E-state index >= 15 is 0 Å². The summed E-state index contributed by atoms with van der Waals surface area (Å²) in [5.41, 5.74) is 4.56. The van der Waals surface area contributed by atoms with E-state index in [0.29, 0.717) is 11.4 Å². The molecule has 0 aliphatic heterocycles. The Balaban J connectivity index is 2.80. The van der Waals surface area contributed by atoms with Gasteiger partial charge in [0.05, 0.1) is 11.4 Å². The van der Waals surface area contributed by atoms with Crippen LogP contribution in [0.5, 0.6) is 0 Å². The topological polar surface area (TPSA) is 58.9 Å². The first-order valence-corrected chi connectivity index (χ1v) is 6.90. The molecule has 4 heteroatoms. The Labute approximate surface area is 118 Å². The van der Waals surface area contributed by atoms with Gasteiger partial charge in [-0.2, -0.15) is 9.98 Å². The number of rotatable bonds is 4. The second kappa shape index (κ2) is 5.54. The fraction of sp³-hybridized carbons (Fsp3) is 0.500. The van der Waals surface area contributed by atoms with E-state index in [4.69, 9.17) is 0 Å². The lowest BCUT2D eigenvalue weighted by molar-refractivity contribution is 0.523. The monoisotopic (exact) mass is 270 g/mol. The highest BCUT2D eigenvalue weighted by molar-refractivity contribution is 5.71. The minimum atomic E-state index is -0.0169. The molecule has 1 aromatic carbocycles. The van der Waals surface area contributed by atoms with Crippen LogP contribution in [0.4, 0.5) is 11.4 Å². The van der Waals surface area contributed by atoms with Gasteiger partial charge in [-0.3, -0.25) is 0 Å². The lowest BCUT2D eigenvalue weighted by Gasteiger charge is -2.22. The standard InChI is InChI=1S/C16H18N2O2/c1-4-5-11-12-6-7-16(2,3)15(12)14(18-10-20)8-13(11)17-9-19/h8H,4-7H2,1-3H3. The second-order valence-corrected chi connectivity index (χ2v) is 5.79. The van der Waals surface area contributed by atoms with Crippen LogP contribution < -0.4 is 0 Å². The van der Waals surface area contributed by atoms with Gasteiger partial charge in [-0.25, -0.2) is 9.59 Å². The lowest BCUT2D eigenvalue weighted by atomic mass is 9.84. The van der Waals surface area contributed by atoms with E-state index in [1.54, 1.807) is 18.2 Å². The molecule has 0 radical (unpaired) electrons. The molecule has 1 aliphatic rings. The van der Waals surface area contributed by atoms with Crippen molar-refractivity contribution in [3.8, 4) is 0 Å². The number of aliphatic imine (C=N–C) groups is 2. The Morgan fingerprint density at radius 3 is 2.45 bits per heavy atom. The third-order valence-electron chi connectivity index (χ3n) is 4.01. The Morgan fingerprint density at radius 2 is 1.85 bits per heavy atom. The van der Waals surface area contributed by atoms with Crippen LogP contribution in [0.3, 0.4) is 0 Å². The van der Waals surface area contributed by atoms with E-state index in [1.165, 1.54) is 5.56 Å². The van der Waals surface area contributed by atoms with Crippen molar-refractivity contribution >= 4 is 23.5 Å². The summed E-state index contributed by atoms with van der Waals surface area (Å²) in [5, 5.41) is 0. The zero-order chi connectivity index (χ0) is 14.8. The van der Waals surface area contributed by atoms with Crippen molar-refractivity contribution in [2.45, 2.75) is 51.9 Å². The highest BCUT2D eigenvalue weighted by Crippen LogP contribution is 2.48. The molecule has 104 valence electrons. The molecule has 1 aliphatic carbocycles. The van der Waals surface area contributed by atoms with Crippen molar-refractivity contribution in [1.29, 1.82) is 0 Å². The van der Waals surface area contributed by atoms with Crippen molar-refractivity contribution in [3.63, 3.8) is 0 Å². The first-order chi connectivity index (χ1) is 9.55. The average Bonchev–Trinajstić information content (AvgIpc) is 2.71. The lowest BCUT2D eigenvalue weighted by Crippen LogP contribution is -2.12. The molecule has 0 N–H and O–H groups in total. The molecule has 0 amide bonds. The van der Waals surface area contributed by atoms with Crippen molar-refractivity contribution < 1.29 is 9.59 Å². The third-order valence-corrected chi connectivity index (χ3v) is 4.01. The summed E-state index contributed by atoms with van der Waals surface area (Å²) in [4.78, 5) is 28.9.